The summed E-state index contributed by atoms with van der Waals surface area (Å²) in [6, 6.07) is 0. The maximum Gasteiger partial charge on any atom is 0.186 e. The number of anilines is 1. The van der Waals surface area contributed by atoms with Gasteiger partial charge in [0.25, 0.3) is 0 Å². The molecule has 0 atom stereocenters. The third-order valence-corrected chi connectivity index (χ3v) is 1.35. The first kappa shape index (κ1) is 6.05. The second-order valence-electron chi connectivity index (χ2n) is 1.97. The fourth-order valence-electron chi connectivity index (χ4n) is 0.843. The van der Waals surface area contributed by atoms with Gasteiger partial charge in [0.15, 0.2) is 11.5 Å². The molecule has 6 nitrogen and oxygen atoms in total. The highest BCUT2D eigenvalue weighted by molar-refractivity contribution is 5.85. The standard InChI is InChI=1S/C5H5N5O/c11-10-5-3-1-6-2-7-4(3)8-9-5/h1-2,11H,(H2,6,7,8,9,10). The third-order valence-electron chi connectivity index (χ3n) is 1.35. The fraction of sp³-hybridized carbons (Fsp3) is 0. The predicted molar refractivity (Wildman–Crippen MR) is 37.1 cm³/mol. The van der Waals surface area contributed by atoms with E-state index in [-0.39, 0.29) is 0 Å². The minimum atomic E-state index is 0.403. The van der Waals surface area contributed by atoms with Crippen LogP contribution in [0, 0.1) is 0 Å². The molecule has 0 aromatic carbocycles. The average Bonchev–Trinajstić information content (AvgIpc) is 2.47. The quantitative estimate of drug-likeness (QED) is 0.505. The summed E-state index contributed by atoms with van der Waals surface area (Å²) in [5.41, 5.74) is 2.48. The van der Waals surface area contributed by atoms with Gasteiger partial charge in [-0.1, -0.05) is 0 Å². The molecule has 0 unspecified atom stereocenters. The molecular formula is C5H5N5O. The van der Waals surface area contributed by atoms with E-state index in [1.165, 1.54) is 6.33 Å². The van der Waals surface area contributed by atoms with E-state index in [4.69, 9.17) is 5.21 Å². The van der Waals surface area contributed by atoms with E-state index >= 15 is 0 Å². The fourth-order valence-corrected chi connectivity index (χ4v) is 0.843. The van der Waals surface area contributed by atoms with Gasteiger partial charge in [-0.25, -0.2) is 9.97 Å². The zero-order valence-corrected chi connectivity index (χ0v) is 5.44. The number of H-pyrrole nitrogens is 1. The lowest BCUT2D eigenvalue weighted by Crippen LogP contribution is -1.89. The molecule has 0 radical (unpaired) electrons. The number of aromatic amines is 1. The summed E-state index contributed by atoms with van der Waals surface area (Å²) in [5.74, 6) is 0.403. The van der Waals surface area contributed by atoms with Gasteiger partial charge in [0.05, 0.1) is 5.39 Å². The summed E-state index contributed by atoms with van der Waals surface area (Å²) in [6.45, 7) is 0. The van der Waals surface area contributed by atoms with Crippen LogP contribution in [0.1, 0.15) is 0 Å². The van der Waals surface area contributed by atoms with Crippen LogP contribution in [0.2, 0.25) is 0 Å². The molecule has 0 saturated carbocycles. The predicted octanol–water partition coefficient (Wildman–Crippen LogP) is 0.154. The first-order chi connectivity index (χ1) is 5.42. The molecule has 0 spiro atoms. The highest BCUT2D eigenvalue weighted by atomic mass is 16.5. The van der Waals surface area contributed by atoms with Crippen molar-refractivity contribution in [2.24, 2.45) is 0 Å². The van der Waals surface area contributed by atoms with Gasteiger partial charge in [0, 0.05) is 6.20 Å². The van der Waals surface area contributed by atoms with Gasteiger partial charge in [-0.3, -0.25) is 15.8 Å². The number of hydrogen-bond acceptors (Lipinski definition) is 5. The maximum atomic E-state index is 8.55. The maximum absolute atomic E-state index is 8.55. The largest absolute Gasteiger partial charge is 0.290 e. The van der Waals surface area contributed by atoms with Gasteiger partial charge >= 0.3 is 0 Å². The SMILES string of the molecule is ONc1[nH]nc2ncncc12. The molecule has 3 N–H and O–H groups in total. The molecule has 2 aromatic rings. The van der Waals surface area contributed by atoms with E-state index < -0.39 is 0 Å². The molecular weight excluding hydrogens is 146 g/mol. The van der Waals surface area contributed by atoms with Crippen molar-refractivity contribution in [2.45, 2.75) is 0 Å². The zero-order valence-electron chi connectivity index (χ0n) is 5.44. The van der Waals surface area contributed by atoms with Crippen LogP contribution in [-0.4, -0.2) is 25.4 Å². The number of nitrogens with zero attached hydrogens (tertiary/aromatic N) is 3. The van der Waals surface area contributed by atoms with Crippen LogP contribution in [0.4, 0.5) is 5.82 Å². The molecule has 0 aliphatic rings. The molecule has 0 amide bonds. The van der Waals surface area contributed by atoms with Crippen molar-refractivity contribution < 1.29 is 5.21 Å². The van der Waals surface area contributed by atoms with Crippen molar-refractivity contribution in [2.75, 3.05) is 5.48 Å². The molecule has 0 fully saturated rings. The Hall–Kier alpha value is -1.69. The van der Waals surface area contributed by atoms with Gasteiger partial charge < -0.3 is 0 Å². The van der Waals surface area contributed by atoms with Crippen molar-refractivity contribution in [3.05, 3.63) is 12.5 Å². The zero-order chi connectivity index (χ0) is 7.68. The van der Waals surface area contributed by atoms with E-state index in [1.807, 2.05) is 5.48 Å². The van der Waals surface area contributed by atoms with Crippen LogP contribution in [0.15, 0.2) is 12.5 Å². The molecule has 0 saturated heterocycles. The van der Waals surface area contributed by atoms with Crippen molar-refractivity contribution in [3.63, 3.8) is 0 Å². The minimum absolute atomic E-state index is 0.403. The number of aromatic nitrogens is 4. The summed E-state index contributed by atoms with van der Waals surface area (Å²) in [7, 11) is 0. The molecule has 2 heterocycles. The normalized spacial score (nSPS) is 10.3. The number of rotatable bonds is 1. The molecule has 2 aromatic heterocycles. The lowest BCUT2D eigenvalue weighted by molar-refractivity contribution is 0.386. The molecule has 0 aliphatic carbocycles. The molecule has 56 valence electrons. The number of fused-ring (bicyclic) bond motifs is 1. The molecule has 0 aliphatic heterocycles. The van der Waals surface area contributed by atoms with Gasteiger partial charge in [-0.15, -0.1) is 0 Å². The smallest absolute Gasteiger partial charge is 0.186 e. The summed E-state index contributed by atoms with van der Waals surface area (Å²) >= 11 is 0. The van der Waals surface area contributed by atoms with E-state index in [2.05, 4.69) is 20.2 Å². The van der Waals surface area contributed by atoms with Crippen LogP contribution >= 0.6 is 0 Å². The second kappa shape index (κ2) is 2.17. The van der Waals surface area contributed by atoms with Crippen LogP contribution in [0.3, 0.4) is 0 Å². The Kier molecular flexibility index (Phi) is 1.19. The Morgan fingerprint density at radius 3 is 3.27 bits per heavy atom. The van der Waals surface area contributed by atoms with Crippen LogP contribution in [0.5, 0.6) is 0 Å². The Morgan fingerprint density at radius 1 is 1.55 bits per heavy atom. The summed E-state index contributed by atoms with van der Waals surface area (Å²) in [5, 5.41) is 15.6. The molecule has 0 bridgehead atoms. The Balaban J connectivity index is 2.76. The van der Waals surface area contributed by atoms with Gasteiger partial charge in [0.1, 0.15) is 6.33 Å². The van der Waals surface area contributed by atoms with Gasteiger partial charge in [-0.05, 0) is 0 Å². The van der Waals surface area contributed by atoms with Gasteiger partial charge in [-0.2, -0.15) is 5.10 Å². The third kappa shape index (κ3) is 0.802. The average molecular weight is 151 g/mol. The lowest BCUT2D eigenvalue weighted by atomic mass is 10.4. The molecule has 6 heteroatoms. The van der Waals surface area contributed by atoms with E-state index in [0.29, 0.717) is 16.9 Å². The Bertz CT molecular complexity index is 370. The van der Waals surface area contributed by atoms with Crippen molar-refractivity contribution >= 4 is 16.9 Å². The summed E-state index contributed by atoms with van der Waals surface area (Å²) in [6.07, 6.45) is 2.95. The highest BCUT2D eigenvalue weighted by Crippen LogP contribution is 2.14. The lowest BCUT2D eigenvalue weighted by Gasteiger charge is -1.90. The first-order valence-electron chi connectivity index (χ1n) is 2.96. The molecule has 2 rings (SSSR count). The van der Waals surface area contributed by atoms with Crippen molar-refractivity contribution in [3.8, 4) is 0 Å². The van der Waals surface area contributed by atoms with Gasteiger partial charge in [0.2, 0.25) is 0 Å². The van der Waals surface area contributed by atoms with Crippen molar-refractivity contribution in [1.82, 2.24) is 20.2 Å². The second-order valence-corrected chi connectivity index (χ2v) is 1.97. The van der Waals surface area contributed by atoms with E-state index in [9.17, 15) is 0 Å². The monoisotopic (exact) mass is 151 g/mol. The Labute approximate surface area is 61.2 Å². The van der Waals surface area contributed by atoms with E-state index in [1.54, 1.807) is 6.20 Å². The first-order valence-corrected chi connectivity index (χ1v) is 2.96. The van der Waals surface area contributed by atoms with Crippen LogP contribution in [0.25, 0.3) is 11.0 Å². The van der Waals surface area contributed by atoms with Crippen LogP contribution < -0.4 is 5.48 Å². The summed E-state index contributed by atoms with van der Waals surface area (Å²) < 4.78 is 0. The highest BCUT2D eigenvalue weighted by Gasteiger charge is 2.02. The topological polar surface area (TPSA) is 86.7 Å². The van der Waals surface area contributed by atoms with Crippen molar-refractivity contribution in [1.29, 1.82) is 0 Å². The Morgan fingerprint density at radius 2 is 2.45 bits per heavy atom. The summed E-state index contributed by atoms with van der Waals surface area (Å²) in [4.78, 5) is 7.62. The van der Waals surface area contributed by atoms with Crippen LogP contribution in [-0.2, 0) is 0 Å². The minimum Gasteiger partial charge on any atom is -0.290 e. The number of nitrogens with one attached hydrogen (secondary N) is 2. The van der Waals surface area contributed by atoms with E-state index in [0.717, 1.165) is 0 Å². The number of hydrogen-bond donors (Lipinski definition) is 3. The molecule has 11 heavy (non-hydrogen) atoms.